The van der Waals surface area contributed by atoms with Crippen LogP contribution in [-0.2, 0) is 6.54 Å². The molecule has 0 bridgehead atoms. The Hall–Kier alpha value is -3.33. The Morgan fingerprint density at radius 1 is 1.14 bits per heavy atom. The van der Waals surface area contributed by atoms with Crippen LogP contribution in [0.3, 0.4) is 0 Å². The molecule has 7 nitrogen and oxygen atoms in total. The van der Waals surface area contributed by atoms with Gasteiger partial charge in [-0.1, -0.05) is 11.6 Å². The molecule has 0 aliphatic rings. The third kappa shape index (κ3) is 4.49. The van der Waals surface area contributed by atoms with Crippen LogP contribution in [0.2, 0.25) is 5.02 Å². The molecule has 0 atom stereocenters. The van der Waals surface area contributed by atoms with Gasteiger partial charge in [0.2, 0.25) is 0 Å². The lowest BCUT2D eigenvalue weighted by Crippen LogP contribution is -2.23. The van der Waals surface area contributed by atoms with Gasteiger partial charge in [-0.05, 0) is 36.8 Å². The average Bonchev–Trinajstić information content (AvgIpc) is 3.11. The van der Waals surface area contributed by atoms with Crippen LogP contribution in [-0.4, -0.2) is 27.0 Å². The van der Waals surface area contributed by atoms with Crippen molar-refractivity contribution in [3.63, 3.8) is 0 Å². The molecule has 2 amide bonds. The van der Waals surface area contributed by atoms with E-state index in [1.165, 1.54) is 6.07 Å². The Labute approximate surface area is 163 Å². The summed E-state index contributed by atoms with van der Waals surface area (Å²) in [6, 6.07) is 6.36. The van der Waals surface area contributed by atoms with Crippen molar-refractivity contribution in [3.05, 3.63) is 75.7 Å². The minimum absolute atomic E-state index is 0.0272. The van der Waals surface area contributed by atoms with Crippen molar-refractivity contribution in [2.24, 2.45) is 0 Å². The largest absolute Gasteiger partial charge is 0.345 e. The minimum atomic E-state index is -1.20. The zero-order valence-corrected chi connectivity index (χ0v) is 15.3. The monoisotopic (exact) mass is 405 g/mol. The van der Waals surface area contributed by atoms with Crippen molar-refractivity contribution < 1.29 is 18.4 Å². The molecule has 144 valence electrons. The van der Waals surface area contributed by atoms with E-state index < -0.39 is 23.4 Å². The summed E-state index contributed by atoms with van der Waals surface area (Å²) in [5.41, 5.74) is 1.47. The maximum absolute atomic E-state index is 13.3. The highest BCUT2D eigenvalue weighted by Gasteiger charge is 2.17. The minimum Gasteiger partial charge on any atom is -0.345 e. The summed E-state index contributed by atoms with van der Waals surface area (Å²) in [4.78, 5) is 28.5. The van der Waals surface area contributed by atoms with Crippen LogP contribution in [0.25, 0.3) is 0 Å². The van der Waals surface area contributed by atoms with Gasteiger partial charge < -0.3 is 10.6 Å². The average molecular weight is 406 g/mol. The fraction of sp³-hybridized carbons (Fsp3) is 0.111. The zero-order chi connectivity index (χ0) is 20.3. The van der Waals surface area contributed by atoms with E-state index >= 15 is 0 Å². The Morgan fingerprint density at radius 3 is 2.64 bits per heavy atom. The first-order valence-electron chi connectivity index (χ1n) is 8.04. The number of H-pyrrole nitrogens is 1. The lowest BCUT2D eigenvalue weighted by atomic mass is 10.2. The van der Waals surface area contributed by atoms with Crippen molar-refractivity contribution in [2.75, 3.05) is 5.32 Å². The summed E-state index contributed by atoms with van der Waals surface area (Å²) < 4.78 is 26.4. The lowest BCUT2D eigenvalue weighted by Gasteiger charge is -2.05. The van der Waals surface area contributed by atoms with Gasteiger partial charge in [0.05, 0.1) is 22.8 Å². The summed E-state index contributed by atoms with van der Waals surface area (Å²) in [7, 11) is 0. The van der Waals surface area contributed by atoms with Gasteiger partial charge in [0.25, 0.3) is 11.8 Å². The first-order valence-corrected chi connectivity index (χ1v) is 8.42. The van der Waals surface area contributed by atoms with Gasteiger partial charge in [0, 0.05) is 12.3 Å². The number of nitrogens with zero attached hydrogens (tertiary/aromatic N) is 2. The molecule has 0 aliphatic heterocycles. The molecular weight excluding hydrogens is 392 g/mol. The molecule has 0 saturated heterocycles. The molecule has 0 aliphatic carbocycles. The first kappa shape index (κ1) is 19.4. The highest BCUT2D eigenvalue weighted by Crippen LogP contribution is 2.21. The summed E-state index contributed by atoms with van der Waals surface area (Å²) in [6.07, 6.45) is 1.64. The van der Waals surface area contributed by atoms with Crippen LogP contribution in [0.1, 0.15) is 32.1 Å². The number of aromatic amines is 1. The van der Waals surface area contributed by atoms with Crippen LogP contribution in [0.15, 0.2) is 36.5 Å². The number of aromatic nitrogens is 3. The number of pyridine rings is 1. The van der Waals surface area contributed by atoms with Gasteiger partial charge >= 0.3 is 0 Å². The van der Waals surface area contributed by atoms with Crippen molar-refractivity contribution in [1.29, 1.82) is 0 Å². The molecule has 3 N–H and O–H groups in total. The maximum atomic E-state index is 13.3. The summed E-state index contributed by atoms with van der Waals surface area (Å²) >= 11 is 5.77. The normalized spacial score (nSPS) is 10.6. The van der Waals surface area contributed by atoms with Gasteiger partial charge in [0.1, 0.15) is 5.82 Å². The molecule has 2 heterocycles. The topological polar surface area (TPSA) is 99.8 Å². The second-order valence-corrected chi connectivity index (χ2v) is 6.28. The third-order valence-electron chi connectivity index (χ3n) is 3.72. The van der Waals surface area contributed by atoms with E-state index in [-0.39, 0.29) is 28.6 Å². The van der Waals surface area contributed by atoms with Gasteiger partial charge in [-0.2, -0.15) is 5.10 Å². The van der Waals surface area contributed by atoms with E-state index in [4.69, 9.17) is 11.6 Å². The standard InChI is InChI=1S/C18H14ClF2N5O2/c1-9-2-3-22-10(4-9)8-23-18(28)15-7-16(26-25-15)24-17(27)11-5-13(20)14(21)6-12(11)19/h2-7H,8H2,1H3,(H,23,28)(H2,24,25,26,27). The molecule has 10 heteroatoms. The van der Waals surface area contributed by atoms with Gasteiger partial charge in [-0.15, -0.1) is 0 Å². The number of nitrogens with one attached hydrogen (secondary N) is 3. The number of hydrogen-bond donors (Lipinski definition) is 3. The molecule has 0 fully saturated rings. The van der Waals surface area contributed by atoms with Gasteiger partial charge in [0.15, 0.2) is 17.3 Å². The lowest BCUT2D eigenvalue weighted by molar-refractivity contribution is 0.0944. The Morgan fingerprint density at radius 2 is 1.89 bits per heavy atom. The second-order valence-electron chi connectivity index (χ2n) is 5.87. The summed E-state index contributed by atoms with van der Waals surface area (Å²) in [6.45, 7) is 2.12. The fourth-order valence-electron chi connectivity index (χ4n) is 2.35. The first-order chi connectivity index (χ1) is 13.3. The number of aryl methyl sites for hydroxylation is 1. The summed E-state index contributed by atoms with van der Waals surface area (Å²) in [5, 5.41) is 11.1. The number of rotatable bonds is 5. The van der Waals surface area contributed by atoms with Gasteiger partial charge in [-0.25, -0.2) is 8.78 Å². The van der Waals surface area contributed by atoms with E-state index in [1.807, 2.05) is 19.1 Å². The van der Waals surface area contributed by atoms with E-state index in [2.05, 4.69) is 25.8 Å². The number of amides is 2. The Bertz CT molecular complexity index is 1050. The third-order valence-corrected chi connectivity index (χ3v) is 4.03. The molecule has 28 heavy (non-hydrogen) atoms. The number of benzene rings is 1. The highest BCUT2D eigenvalue weighted by molar-refractivity contribution is 6.34. The molecule has 0 saturated carbocycles. The van der Waals surface area contributed by atoms with Crippen LogP contribution in [0.5, 0.6) is 0 Å². The second kappa shape index (κ2) is 8.13. The molecule has 1 aromatic carbocycles. The zero-order valence-electron chi connectivity index (χ0n) is 14.5. The van der Waals surface area contributed by atoms with Crippen LogP contribution in [0.4, 0.5) is 14.6 Å². The smallest absolute Gasteiger partial charge is 0.272 e. The quantitative estimate of drug-likeness (QED) is 0.567. The number of carbonyl (C=O) groups is 2. The SMILES string of the molecule is Cc1ccnc(CNC(=O)c2cc(NC(=O)c3cc(F)c(F)cc3Cl)[nH]n2)c1. The van der Waals surface area contributed by atoms with Crippen molar-refractivity contribution in [1.82, 2.24) is 20.5 Å². The van der Waals surface area contributed by atoms with Crippen LogP contribution < -0.4 is 10.6 Å². The summed E-state index contributed by atoms with van der Waals surface area (Å²) in [5.74, 6) is -3.55. The van der Waals surface area contributed by atoms with E-state index in [1.54, 1.807) is 6.20 Å². The van der Waals surface area contributed by atoms with E-state index in [9.17, 15) is 18.4 Å². The van der Waals surface area contributed by atoms with E-state index in [0.29, 0.717) is 17.8 Å². The van der Waals surface area contributed by atoms with Crippen molar-refractivity contribution in [3.8, 4) is 0 Å². The van der Waals surface area contributed by atoms with Crippen molar-refractivity contribution in [2.45, 2.75) is 13.5 Å². The number of hydrogen-bond acceptors (Lipinski definition) is 4. The predicted molar refractivity (Wildman–Crippen MR) is 98.1 cm³/mol. The Balaban J connectivity index is 1.64. The van der Waals surface area contributed by atoms with Gasteiger partial charge in [-0.3, -0.25) is 19.7 Å². The number of anilines is 1. The number of halogens is 3. The molecular formula is C18H14ClF2N5O2. The molecule has 0 unspecified atom stereocenters. The fourth-order valence-corrected chi connectivity index (χ4v) is 2.58. The highest BCUT2D eigenvalue weighted by atomic mass is 35.5. The molecule has 2 aromatic heterocycles. The molecule has 3 rings (SSSR count). The van der Waals surface area contributed by atoms with Crippen LogP contribution >= 0.6 is 11.6 Å². The maximum Gasteiger partial charge on any atom is 0.272 e. The predicted octanol–water partition coefficient (Wildman–Crippen LogP) is 3.23. The molecule has 0 radical (unpaired) electrons. The number of carbonyl (C=O) groups excluding carboxylic acids is 2. The molecule has 3 aromatic rings. The molecule has 0 spiro atoms. The Kier molecular flexibility index (Phi) is 5.65. The van der Waals surface area contributed by atoms with E-state index in [0.717, 1.165) is 5.56 Å². The van der Waals surface area contributed by atoms with Crippen molar-refractivity contribution >= 4 is 29.2 Å². The van der Waals surface area contributed by atoms with Crippen LogP contribution in [0, 0.1) is 18.6 Å².